The quantitative estimate of drug-likeness (QED) is 0.392. The zero-order valence-corrected chi connectivity index (χ0v) is 20.6. The van der Waals surface area contributed by atoms with E-state index in [1.165, 1.54) is 29.1 Å². The Bertz CT molecular complexity index is 1490. The van der Waals surface area contributed by atoms with Gasteiger partial charge in [0.25, 0.3) is 5.91 Å². The van der Waals surface area contributed by atoms with Gasteiger partial charge in [0.2, 0.25) is 5.06 Å². The number of aryl methyl sites for hydroxylation is 1. The summed E-state index contributed by atoms with van der Waals surface area (Å²) in [6.45, 7) is 2.86. The Labute approximate surface area is 214 Å². The first-order valence-electron chi connectivity index (χ1n) is 11.6. The monoisotopic (exact) mass is 527 g/mol. The highest BCUT2D eigenvalue weighted by Gasteiger charge is 2.22. The molecule has 0 bridgehead atoms. The fraction of sp³-hybridized carbons (Fsp3) is 0.280. The van der Waals surface area contributed by atoms with Crippen molar-refractivity contribution in [2.24, 2.45) is 0 Å². The second kappa shape index (κ2) is 10.6. The van der Waals surface area contributed by atoms with Crippen molar-refractivity contribution < 1.29 is 23.0 Å². The van der Waals surface area contributed by atoms with Crippen molar-refractivity contribution >= 4 is 17.2 Å². The van der Waals surface area contributed by atoms with E-state index in [1.807, 2.05) is 0 Å². The SMILES string of the molecule is Cc1nc(C(=O)NC2CCOCC2)sc1Oc1ccc(-n2ncn(Cc3ccccc3F)c2=O)cc1F. The smallest absolute Gasteiger partial charge is 0.350 e. The molecule has 0 spiro atoms. The van der Waals surface area contributed by atoms with Gasteiger partial charge in [-0.15, -0.1) is 0 Å². The highest BCUT2D eigenvalue weighted by molar-refractivity contribution is 7.15. The van der Waals surface area contributed by atoms with Gasteiger partial charge < -0.3 is 14.8 Å². The number of thiazole rings is 1. The zero-order valence-electron chi connectivity index (χ0n) is 19.8. The average molecular weight is 528 g/mol. The molecule has 1 amide bonds. The van der Waals surface area contributed by atoms with Crippen LogP contribution in [0.4, 0.5) is 8.78 Å². The summed E-state index contributed by atoms with van der Waals surface area (Å²) in [4.78, 5) is 29.6. The van der Waals surface area contributed by atoms with Gasteiger partial charge in [-0.05, 0) is 38.0 Å². The molecule has 0 unspecified atom stereocenters. The summed E-state index contributed by atoms with van der Waals surface area (Å²) < 4.78 is 42.1. The number of carbonyl (C=O) groups excluding carboxylic acids is 1. The van der Waals surface area contributed by atoms with E-state index in [-0.39, 0.29) is 40.0 Å². The predicted molar refractivity (Wildman–Crippen MR) is 132 cm³/mol. The molecule has 5 rings (SSSR count). The first-order valence-corrected chi connectivity index (χ1v) is 12.4. The molecule has 2 aromatic heterocycles. The maximum Gasteiger partial charge on any atom is 0.350 e. The van der Waals surface area contributed by atoms with Crippen molar-refractivity contribution in [3.63, 3.8) is 0 Å². The third-order valence-electron chi connectivity index (χ3n) is 5.90. The Kier molecular flexibility index (Phi) is 7.10. The van der Waals surface area contributed by atoms with Crippen molar-refractivity contribution in [2.75, 3.05) is 13.2 Å². The molecule has 0 atom stereocenters. The van der Waals surface area contributed by atoms with Gasteiger partial charge in [0, 0.05) is 30.9 Å². The zero-order chi connectivity index (χ0) is 25.9. The van der Waals surface area contributed by atoms with Crippen LogP contribution < -0.4 is 15.7 Å². The van der Waals surface area contributed by atoms with Gasteiger partial charge in [-0.25, -0.2) is 18.6 Å². The summed E-state index contributed by atoms with van der Waals surface area (Å²) in [7, 11) is 0. The molecule has 0 saturated carbocycles. The van der Waals surface area contributed by atoms with Gasteiger partial charge in [-0.1, -0.05) is 29.5 Å². The van der Waals surface area contributed by atoms with E-state index >= 15 is 0 Å². The molecule has 1 fully saturated rings. The fourth-order valence-electron chi connectivity index (χ4n) is 3.90. The van der Waals surface area contributed by atoms with Crippen LogP contribution in [0.5, 0.6) is 10.8 Å². The normalized spacial score (nSPS) is 14.0. The van der Waals surface area contributed by atoms with Crippen LogP contribution in [0.1, 0.15) is 33.9 Å². The van der Waals surface area contributed by atoms with Crippen molar-refractivity contribution in [3.8, 4) is 16.5 Å². The van der Waals surface area contributed by atoms with E-state index in [4.69, 9.17) is 9.47 Å². The molecule has 0 radical (unpaired) electrons. The second-order valence-corrected chi connectivity index (χ2v) is 9.48. The number of nitrogens with one attached hydrogen (secondary N) is 1. The van der Waals surface area contributed by atoms with Crippen LogP contribution in [0.15, 0.2) is 53.6 Å². The number of rotatable bonds is 7. The van der Waals surface area contributed by atoms with E-state index < -0.39 is 17.3 Å². The lowest BCUT2D eigenvalue weighted by molar-refractivity contribution is 0.0696. The Balaban J connectivity index is 1.30. The summed E-state index contributed by atoms with van der Waals surface area (Å²) in [5.41, 5.74) is 0.419. The number of amides is 1. The predicted octanol–water partition coefficient (Wildman–Crippen LogP) is 3.83. The number of nitrogens with zero attached hydrogens (tertiary/aromatic N) is 4. The van der Waals surface area contributed by atoms with Gasteiger partial charge in [-0.2, -0.15) is 9.78 Å². The standard InChI is InChI=1S/C25H23F2N5O4S/c1-15-24(37-23(29-15)22(33)30-17-8-10-35-11-9-17)36-21-7-6-18(12-20(21)27)32-25(34)31(14-28-32)13-16-4-2-3-5-19(16)26/h2-7,12,14,17H,8-11,13H2,1H3,(H,30,33). The Hall–Kier alpha value is -3.90. The van der Waals surface area contributed by atoms with Gasteiger partial charge in [0.05, 0.1) is 17.9 Å². The molecule has 0 aliphatic carbocycles. The second-order valence-electron chi connectivity index (χ2n) is 8.51. The lowest BCUT2D eigenvalue weighted by Crippen LogP contribution is -2.38. The number of carbonyl (C=O) groups is 1. The van der Waals surface area contributed by atoms with Crippen LogP contribution in [-0.2, 0) is 11.3 Å². The molecule has 9 nitrogen and oxygen atoms in total. The Morgan fingerprint density at radius 2 is 1.97 bits per heavy atom. The van der Waals surface area contributed by atoms with Gasteiger partial charge in [-0.3, -0.25) is 9.36 Å². The highest BCUT2D eigenvalue weighted by atomic mass is 32.1. The van der Waals surface area contributed by atoms with Crippen LogP contribution >= 0.6 is 11.3 Å². The van der Waals surface area contributed by atoms with Gasteiger partial charge >= 0.3 is 5.69 Å². The number of benzene rings is 2. The maximum atomic E-state index is 14.9. The molecule has 4 aromatic rings. The first-order chi connectivity index (χ1) is 17.9. The van der Waals surface area contributed by atoms with E-state index in [1.54, 1.807) is 25.1 Å². The van der Waals surface area contributed by atoms with E-state index in [9.17, 15) is 18.4 Å². The Morgan fingerprint density at radius 1 is 1.19 bits per heavy atom. The summed E-state index contributed by atoms with van der Waals surface area (Å²) in [6, 6.07) is 10.1. The summed E-state index contributed by atoms with van der Waals surface area (Å²) in [5.74, 6) is -1.56. The molecular weight excluding hydrogens is 504 g/mol. The molecular formula is C25H23F2N5O4S. The summed E-state index contributed by atoms with van der Waals surface area (Å²) in [5, 5.41) is 7.48. The summed E-state index contributed by atoms with van der Waals surface area (Å²) >= 11 is 1.02. The number of ether oxygens (including phenoxy) is 2. The van der Waals surface area contributed by atoms with Crippen LogP contribution in [0.3, 0.4) is 0 Å². The molecule has 12 heteroatoms. The topological polar surface area (TPSA) is 100 Å². The fourth-order valence-corrected chi connectivity index (χ4v) is 4.73. The largest absolute Gasteiger partial charge is 0.442 e. The molecule has 1 saturated heterocycles. The maximum absolute atomic E-state index is 14.9. The minimum Gasteiger partial charge on any atom is -0.442 e. The number of halogens is 2. The van der Waals surface area contributed by atoms with Crippen molar-refractivity contribution in [3.05, 3.63) is 87.2 Å². The number of hydrogen-bond acceptors (Lipinski definition) is 7. The third-order valence-corrected chi connectivity index (χ3v) is 6.93. The number of hydrogen-bond donors (Lipinski definition) is 1. The van der Waals surface area contributed by atoms with Crippen LogP contribution in [0, 0.1) is 18.6 Å². The highest BCUT2D eigenvalue weighted by Crippen LogP contribution is 2.33. The third kappa shape index (κ3) is 5.44. The molecule has 2 aromatic carbocycles. The first kappa shape index (κ1) is 24.8. The Morgan fingerprint density at radius 3 is 2.73 bits per heavy atom. The van der Waals surface area contributed by atoms with Crippen molar-refractivity contribution in [1.29, 1.82) is 0 Å². The van der Waals surface area contributed by atoms with Gasteiger partial charge in [0.15, 0.2) is 16.6 Å². The van der Waals surface area contributed by atoms with Crippen LogP contribution in [0.2, 0.25) is 0 Å². The molecule has 37 heavy (non-hydrogen) atoms. The lowest BCUT2D eigenvalue weighted by Gasteiger charge is -2.22. The van der Waals surface area contributed by atoms with Crippen molar-refractivity contribution in [2.45, 2.75) is 32.4 Å². The molecule has 3 heterocycles. The average Bonchev–Trinajstić information content (AvgIpc) is 3.44. The molecule has 1 N–H and O–H groups in total. The molecule has 192 valence electrons. The van der Waals surface area contributed by atoms with Crippen LogP contribution in [0.25, 0.3) is 5.69 Å². The number of aromatic nitrogens is 4. The minimum atomic E-state index is -0.728. The summed E-state index contributed by atoms with van der Waals surface area (Å²) in [6.07, 6.45) is 2.74. The minimum absolute atomic E-state index is 0.00965. The molecule has 1 aliphatic rings. The van der Waals surface area contributed by atoms with E-state index in [0.29, 0.717) is 24.5 Å². The van der Waals surface area contributed by atoms with E-state index in [2.05, 4.69) is 15.4 Å². The lowest BCUT2D eigenvalue weighted by atomic mass is 10.1. The van der Waals surface area contributed by atoms with E-state index in [0.717, 1.165) is 34.9 Å². The molecule has 1 aliphatic heterocycles. The van der Waals surface area contributed by atoms with Gasteiger partial charge in [0.1, 0.15) is 12.1 Å². The van der Waals surface area contributed by atoms with Crippen LogP contribution in [-0.4, -0.2) is 44.5 Å². The van der Waals surface area contributed by atoms with Crippen molar-refractivity contribution in [1.82, 2.24) is 24.6 Å².